The van der Waals surface area contributed by atoms with Gasteiger partial charge in [0.15, 0.2) is 0 Å². The molecule has 0 fully saturated rings. The Morgan fingerprint density at radius 1 is 1.43 bits per heavy atom. The minimum Gasteiger partial charge on any atom is -0.244 e. The van der Waals surface area contributed by atoms with Crippen LogP contribution in [0.3, 0.4) is 0 Å². The first-order valence-corrected chi connectivity index (χ1v) is 5.54. The van der Waals surface area contributed by atoms with Gasteiger partial charge in [-0.15, -0.1) is 11.3 Å². The molecule has 14 heavy (non-hydrogen) atoms. The predicted molar refractivity (Wildman–Crippen MR) is 61.4 cm³/mol. The van der Waals surface area contributed by atoms with Crippen LogP contribution in [0.15, 0.2) is 29.8 Å². The largest absolute Gasteiger partial charge is 0.244 e. The number of rotatable bonds is 2. The van der Waals surface area contributed by atoms with Crippen molar-refractivity contribution in [1.82, 2.24) is 4.98 Å². The first-order chi connectivity index (χ1) is 6.81. The van der Waals surface area contributed by atoms with Crippen LogP contribution >= 0.6 is 11.3 Å². The van der Waals surface area contributed by atoms with Gasteiger partial charge in [0.2, 0.25) is 0 Å². The van der Waals surface area contributed by atoms with Crippen LogP contribution in [-0.4, -0.2) is 4.98 Å². The first-order valence-electron chi connectivity index (χ1n) is 4.66. The molecule has 0 aliphatic heterocycles. The van der Waals surface area contributed by atoms with E-state index >= 15 is 0 Å². The fourth-order valence-corrected chi connectivity index (χ4v) is 2.01. The summed E-state index contributed by atoms with van der Waals surface area (Å²) in [4.78, 5) is 5.36. The lowest BCUT2D eigenvalue weighted by atomic mass is 10.1. The Balaban J connectivity index is 2.47. The molecular formula is C12H12NS. The molecule has 1 aromatic carbocycles. The van der Waals surface area contributed by atoms with Crippen molar-refractivity contribution >= 4 is 11.3 Å². The van der Waals surface area contributed by atoms with Gasteiger partial charge >= 0.3 is 0 Å². The van der Waals surface area contributed by atoms with Crippen molar-refractivity contribution in [3.63, 3.8) is 0 Å². The Morgan fingerprint density at radius 3 is 2.93 bits per heavy atom. The van der Waals surface area contributed by atoms with Crippen molar-refractivity contribution in [1.29, 1.82) is 0 Å². The van der Waals surface area contributed by atoms with Gasteiger partial charge in [-0.1, -0.05) is 25.1 Å². The average Bonchev–Trinajstić information content (AvgIpc) is 2.65. The number of hydrogen-bond donors (Lipinski definition) is 0. The molecule has 2 heteroatoms. The van der Waals surface area contributed by atoms with Gasteiger partial charge in [0.1, 0.15) is 0 Å². The summed E-state index contributed by atoms with van der Waals surface area (Å²) in [6, 6.07) is 8.48. The zero-order chi connectivity index (χ0) is 9.97. The molecule has 71 valence electrons. The third-order valence-corrected chi connectivity index (χ3v) is 2.94. The Labute approximate surface area is 88.4 Å². The van der Waals surface area contributed by atoms with E-state index in [1.807, 2.05) is 5.51 Å². The summed E-state index contributed by atoms with van der Waals surface area (Å²) in [6.07, 6.45) is 1.06. The molecule has 0 aliphatic carbocycles. The van der Waals surface area contributed by atoms with E-state index in [4.69, 9.17) is 0 Å². The van der Waals surface area contributed by atoms with Gasteiger partial charge in [-0.25, -0.2) is 4.98 Å². The van der Waals surface area contributed by atoms with Crippen molar-refractivity contribution in [2.24, 2.45) is 0 Å². The quantitative estimate of drug-likeness (QED) is 0.725. The SMILES string of the molecule is [CH2]c1scnc1-c1cccc(CC)c1. The van der Waals surface area contributed by atoms with Gasteiger partial charge in [-0.2, -0.15) is 0 Å². The lowest BCUT2D eigenvalue weighted by Gasteiger charge is -2.01. The molecule has 0 atom stereocenters. The molecule has 1 radical (unpaired) electrons. The zero-order valence-corrected chi connectivity index (χ0v) is 8.97. The van der Waals surface area contributed by atoms with Crippen molar-refractivity contribution in [2.75, 3.05) is 0 Å². The molecule has 0 spiro atoms. The van der Waals surface area contributed by atoms with Crippen molar-refractivity contribution < 1.29 is 0 Å². The molecule has 0 saturated carbocycles. The van der Waals surface area contributed by atoms with Gasteiger partial charge in [-0.3, -0.25) is 0 Å². The number of hydrogen-bond acceptors (Lipinski definition) is 2. The fraction of sp³-hybridized carbons (Fsp3) is 0.167. The smallest absolute Gasteiger partial charge is 0.0843 e. The van der Waals surface area contributed by atoms with Crippen molar-refractivity contribution in [3.8, 4) is 11.3 Å². The average molecular weight is 202 g/mol. The van der Waals surface area contributed by atoms with E-state index in [0.717, 1.165) is 17.0 Å². The second kappa shape index (κ2) is 3.93. The number of thiazole rings is 1. The number of aromatic nitrogens is 1. The van der Waals surface area contributed by atoms with E-state index in [9.17, 15) is 0 Å². The highest BCUT2D eigenvalue weighted by atomic mass is 32.1. The fourth-order valence-electron chi connectivity index (χ4n) is 1.44. The van der Waals surface area contributed by atoms with Gasteiger partial charge in [0.05, 0.1) is 11.2 Å². The molecule has 1 heterocycles. The van der Waals surface area contributed by atoms with Gasteiger partial charge in [0, 0.05) is 10.4 Å². The van der Waals surface area contributed by atoms with Crippen LogP contribution in [0.2, 0.25) is 0 Å². The van der Waals surface area contributed by atoms with E-state index in [1.54, 1.807) is 11.3 Å². The lowest BCUT2D eigenvalue weighted by molar-refractivity contribution is 1.14. The molecule has 1 aromatic heterocycles. The molecule has 1 nitrogen and oxygen atoms in total. The van der Waals surface area contributed by atoms with Crippen LogP contribution in [0, 0.1) is 6.92 Å². The second-order valence-electron chi connectivity index (χ2n) is 3.18. The minimum atomic E-state index is 1.02. The monoisotopic (exact) mass is 202 g/mol. The summed E-state index contributed by atoms with van der Waals surface area (Å²) in [6.45, 7) is 6.13. The first kappa shape index (κ1) is 9.41. The van der Waals surface area contributed by atoms with Crippen molar-refractivity contribution in [3.05, 3.63) is 47.1 Å². The highest BCUT2D eigenvalue weighted by molar-refractivity contribution is 7.10. The lowest BCUT2D eigenvalue weighted by Crippen LogP contribution is -1.83. The summed E-state index contributed by atoms with van der Waals surface area (Å²) in [7, 11) is 0. The van der Waals surface area contributed by atoms with E-state index < -0.39 is 0 Å². The summed E-state index contributed by atoms with van der Waals surface area (Å²) in [5.41, 5.74) is 5.38. The summed E-state index contributed by atoms with van der Waals surface area (Å²) in [5.74, 6) is 0. The second-order valence-corrected chi connectivity index (χ2v) is 4.12. The normalized spacial score (nSPS) is 10.4. The number of benzene rings is 1. The Kier molecular flexibility index (Phi) is 2.64. The molecule has 2 aromatic rings. The zero-order valence-electron chi connectivity index (χ0n) is 8.16. The highest BCUT2D eigenvalue weighted by Gasteiger charge is 2.04. The molecule has 2 rings (SSSR count). The van der Waals surface area contributed by atoms with Gasteiger partial charge in [0.25, 0.3) is 0 Å². The summed E-state index contributed by atoms with van der Waals surface area (Å²) < 4.78 is 0. The minimum absolute atomic E-state index is 1.02. The van der Waals surface area contributed by atoms with Gasteiger partial charge < -0.3 is 0 Å². The van der Waals surface area contributed by atoms with Crippen LogP contribution in [0.4, 0.5) is 0 Å². The molecular weight excluding hydrogens is 190 g/mol. The summed E-state index contributed by atoms with van der Waals surface area (Å²) >= 11 is 1.59. The molecule has 0 saturated heterocycles. The van der Waals surface area contributed by atoms with Crippen LogP contribution in [0.5, 0.6) is 0 Å². The van der Waals surface area contributed by atoms with Gasteiger partial charge in [-0.05, 0) is 25.0 Å². The standard InChI is InChI=1S/C12H12NS/c1-3-10-5-4-6-11(7-10)12-9(2)14-8-13-12/h4-8H,2-3H2,1H3. The molecule has 0 bridgehead atoms. The summed E-state index contributed by atoms with van der Waals surface area (Å²) in [5, 5.41) is 0. The van der Waals surface area contributed by atoms with E-state index in [0.29, 0.717) is 0 Å². The third kappa shape index (κ3) is 1.70. The molecule has 0 amide bonds. The molecule has 0 aliphatic rings. The van der Waals surface area contributed by atoms with Crippen molar-refractivity contribution in [2.45, 2.75) is 13.3 Å². The predicted octanol–water partition coefficient (Wildman–Crippen LogP) is 3.55. The maximum atomic E-state index is 4.32. The molecule has 0 unspecified atom stereocenters. The Hall–Kier alpha value is -1.15. The maximum absolute atomic E-state index is 4.32. The van der Waals surface area contributed by atoms with Crippen LogP contribution in [-0.2, 0) is 6.42 Å². The van der Waals surface area contributed by atoms with E-state index in [2.05, 4.69) is 43.1 Å². The number of aryl methyl sites for hydroxylation is 1. The number of nitrogens with zero attached hydrogens (tertiary/aromatic N) is 1. The maximum Gasteiger partial charge on any atom is 0.0843 e. The van der Waals surface area contributed by atoms with E-state index in [1.165, 1.54) is 11.1 Å². The Morgan fingerprint density at radius 2 is 2.29 bits per heavy atom. The van der Waals surface area contributed by atoms with E-state index in [-0.39, 0.29) is 0 Å². The van der Waals surface area contributed by atoms with Crippen LogP contribution in [0.25, 0.3) is 11.3 Å². The topological polar surface area (TPSA) is 12.9 Å². The third-order valence-electron chi connectivity index (χ3n) is 2.25. The molecule has 0 N–H and O–H groups in total. The Bertz CT molecular complexity index is 431. The van der Waals surface area contributed by atoms with Crippen LogP contribution in [0.1, 0.15) is 17.4 Å². The van der Waals surface area contributed by atoms with Crippen LogP contribution < -0.4 is 0 Å². The highest BCUT2D eigenvalue weighted by Crippen LogP contribution is 2.25.